The molecule has 2 fully saturated rings. The minimum atomic E-state index is 0.122. The molecule has 6 nitrogen and oxygen atoms in total. The summed E-state index contributed by atoms with van der Waals surface area (Å²) in [5.74, 6) is 1.27. The maximum absolute atomic E-state index is 12.9. The molecule has 6 heteroatoms. The van der Waals surface area contributed by atoms with Gasteiger partial charge in [0.15, 0.2) is 5.82 Å². The highest BCUT2D eigenvalue weighted by atomic mass is 16.2. The van der Waals surface area contributed by atoms with E-state index in [4.69, 9.17) is 0 Å². The van der Waals surface area contributed by atoms with Crippen LogP contribution in [0.1, 0.15) is 44.7 Å². The van der Waals surface area contributed by atoms with E-state index >= 15 is 0 Å². The van der Waals surface area contributed by atoms with Crippen LogP contribution in [0.4, 0.5) is 5.82 Å². The molecule has 2 aliphatic rings. The summed E-state index contributed by atoms with van der Waals surface area (Å²) in [6.07, 6.45) is 5.30. The van der Waals surface area contributed by atoms with E-state index in [1.807, 2.05) is 19.1 Å². The molecule has 2 saturated heterocycles. The van der Waals surface area contributed by atoms with E-state index in [0.29, 0.717) is 11.9 Å². The van der Waals surface area contributed by atoms with Gasteiger partial charge in [-0.15, -0.1) is 5.10 Å². The van der Waals surface area contributed by atoms with E-state index < -0.39 is 0 Å². The van der Waals surface area contributed by atoms with Crippen molar-refractivity contribution in [2.45, 2.75) is 58.0 Å². The second-order valence-corrected chi connectivity index (χ2v) is 7.39. The van der Waals surface area contributed by atoms with E-state index in [2.05, 4.69) is 38.9 Å². The molecule has 0 N–H and O–H groups in total. The Morgan fingerprint density at radius 1 is 1.20 bits per heavy atom. The SMILES string of the molecule is CCCN1CCC[C@@H]1C(=O)N1CCC(N(C)c2ccc(C)nn2)CC1. The molecular formula is C19H31N5O. The van der Waals surface area contributed by atoms with Crippen LogP contribution in [0.2, 0.25) is 0 Å². The van der Waals surface area contributed by atoms with Crippen molar-refractivity contribution >= 4 is 11.7 Å². The number of carbonyl (C=O) groups is 1. The van der Waals surface area contributed by atoms with Gasteiger partial charge in [0.25, 0.3) is 0 Å². The Morgan fingerprint density at radius 2 is 1.96 bits per heavy atom. The fourth-order valence-corrected chi connectivity index (χ4v) is 4.11. The fourth-order valence-electron chi connectivity index (χ4n) is 4.11. The summed E-state index contributed by atoms with van der Waals surface area (Å²) in [7, 11) is 2.08. The molecule has 1 atom stereocenters. The van der Waals surface area contributed by atoms with Gasteiger partial charge in [0.05, 0.1) is 11.7 Å². The normalized spacial score (nSPS) is 22.4. The van der Waals surface area contributed by atoms with Gasteiger partial charge in [-0.3, -0.25) is 9.69 Å². The molecule has 0 unspecified atom stereocenters. The maximum atomic E-state index is 12.9. The van der Waals surface area contributed by atoms with Crippen LogP contribution in [-0.4, -0.2) is 71.2 Å². The predicted octanol–water partition coefficient (Wildman–Crippen LogP) is 2.09. The van der Waals surface area contributed by atoms with Crippen molar-refractivity contribution in [1.29, 1.82) is 0 Å². The lowest BCUT2D eigenvalue weighted by Gasteiger charge is -2.39. The number of amides is 1. The number of aromatic nitrogens is 2. The van der Waals surface area contributed by atoms with Crippen molar-refractivity contribution < 1.29 is 4.79 Å². The summed E-state index contributed by atoms with van der Waals surface area (Å²) in [6, 6.07) is 4.58. The zero-order chi connectivity index (χ0) is 17.8. The van der Waals surface area contributed by atoms with Crippen molar-refractivity contribution in [1.82, 2.24) is 20.0 Å². The van der Waals surface area contributed by atoms with Gasteiger partial charge in [-0.05, 0) is 64.3 Å². The molecule has 0 bridgehead atoms. The third-order valence-corrected chi connectivity index (χ3v) is 5.63. The first-order chi connectivity index (χ1) is 12.1. The summed E-state index contributed by atoms with van der Waals surface area (Å²) in [5.41, 5.74) is 0.936. The molecule has 25 heavy (non-hydrogen) atoms. The Morgan fingerprint density at radius 3 is 2.60 bits per heavy atom. The van der Waals surface area contributed by atoms with Crippen LogP contribution in [0.3, 0.4) is 0 Å². The number of rotatable bonds is 5. The highest BCUT2D eigenvalue weighted by molar-refractivity contribution is 5.82. The van der Waals surface area contributed by atoms with E-state index in [1.165, 1.54) is 0 Å². The van der Waals surface area contributed by atoms with Gasteiger partial charge in [0.2, 0.25) is 5.91 Å². The monoisotopic (exact) mass is 345 g/mol. The van der Waals surface area contributed by atoms with Crippen molar-refractivity contribution in [2.24, 2.45) is 0 Å². The molecule has 0 radical (unpaired) electrons. The Bertz CT molecular complexity index is 568. The molecule has 1 amide bonds. The summed E-state index contributed by atoms with van der Waals surface area (Å²) < 4.78 is 0. The van der Waals surface area contributed by atoms with Gasteiger partial charge in [0, 0.05) is 26.2 Å². The maximum Gasteiger partial charge on any atom is 0.239 e. The Kier molecular flexibility index (Phi) is 5.89. The van der Waals surface area contributed by atoms with Gasteiger partial charge >= 0.3 is 0 Å². The molecule has 0 spiro atoms. The Labute approximate surface area is 151 Å². The van der Waals surface area contributed by atoms with Crippen LogP contribution in [0.25, 0.3) is 0 Å². The number of hydrogen-bond donors (Lipinski definition) is 0. The number of piperidine rings is 1. The van der Waals surface area contributed by atoms with Crippen LogP contribution >= 0.6 is 0 Å². The number of hydrogen-bond acceptors (Lipinski definition) is 5. The lowest BCUT2D eigenvalue weighted by Crippen LogP contribution is -2.51. The predicted molar refractivity (Wildman–Crippen MR) is 99.7 cm³/mol. The van der Waals surface area contributed by atoms with E-state index in [1.54, 1.807) is 0 Å². The Hall–Kier alpha value is -1.69. The molecule has 1 aromatic rings. The van der Waals surface area contributed by atoms with Gasteiger partial charge in [0.1, 0.15) is 0 Å². The second-order valence-electron chi connectivity index (χ2n) is 7.39. The van der Waals surface area contributed by atoms with Crippen LogP contribution in [0, 0.1) is 6.92 Å². The summed E-state index contributed by atoms with van der Waals surface area (Å²) in [6.45, 7) is 7.96. The minimum Gasteiger partial charge on any atom is -0.355 e. The van der Waals surface area contributed by atoms with E-state index in [0.717, 1.165) is 69.8 Å². The molecule has 3 heterocycles. The highest BCUT2D eigenvalue weighted by Gasteiger charge is 2.35. The van der Waals surface area contributed by atoms with E-state index in [9.17, 15) is 4.79 Å². The zero-order valence-corrected chi connectivity index (χ0v) is 15.8. The van der Waals surface area contributed by atoms with Crippen LogP contribution in [0.5, 0.6) is 0 Å². The average Bonchev–Trinajstić information content (AvgIpc) is 3.10. The number of aryl methyl sites for hydroxylation is 1. The van der Waals surface area contributed by atoms with E-state index in [-0.39, 0.29) is 6.04 Å². The highest BCUT2D eigenvalue weighted by Crippen LogP contribution is 2.24. The van der Waals surface area contributed by atoms with Crippen LogP contribution in [-0.2, 0) is 4.79 Å². The second kappa shape index (κ2) is 8.13. The van der Waals surface area contributed by atoms with Crippen molar-refractivity contribution in [3.63, 3.8) is 0 Å². The van der Waals surface area contributed by atoms with Gasteiger partial charge in [-0.25, -0.2) is 0 Å². The summed E-state index contributed by atoms with van der Waals surface area (Å²) in [4.78, 5) is 19.6. The molecule has 2 aliphatic heterocycles. The number of nitrogens with zero attached hydrogens (tertiary/aromatic N) is 5. The van der Waals surface area contributed by atoms with Gasteiger partial charge < -0.3 is 9.80 Å². The van der Waals surface area contributed by atoms with Crippen molar-refractivity contribution in [3.05, 3.63) is 17.8 Å². The summed E-state index contributed by atoms with van der Waals surface area (Å²) in [5, 5.41) is 8.44. The molecule has 0 saturated carbocycles. The molecule has 1 aromatic heterocycles. The smallest absolute Gasteiger partial charge is 0.239 e. The summed E-state index contributed by atoms with van der Waals surface area (Å²) >= 11 is 0. The minimum absolute atomic E-state index is 0.122. The third-order valence-electron chi connectivity index (χ3n) is 5.63. The lowest BCUT2D eigenvalue weighted by molar-refractivity contribution is -0.137. The quantitative estimate of drug-likeness (QED) is 0.818. The van der Waals surface area contributed by atoms with Gasteiger partial charge in [-0.1, -0.05) is 6.92 Å². The lowest BCUT2D eigenvalue weighted by atomic mass is 10.0. The topological polar surface area (TPSA) is 52.6 Å². The first-order valence-corrected chi connectivity index (χ1v) is 9.66. The standard InChI is InChI=1S/C19H31N5O/c1-4-11-23-12-5-6-17(23)19(25)24-13-9-16(10-14-24)22(3)18-8-7-15(2)20-21-18/h7-8,16-17H,4-6,9-14H2,1-3H3/t17-/m1/s1. The fraction of sp³-hybridized carbons (Fsp3) is 0.737. The number of anilines is 1. The third kappa shape index (κ3) is 4.11. The number of carbonyl (C=O) groups excluding carboxylic acids is 1. The molecule has 3 rings (SSSR count). The number of likely N-dealkylation sites (tertiary alicyclic amines) is 2. The van der Waals surface area contributed by atoms with Crippen LogP contribution in [0.15, 0.2) is 12.1 Å². The largest absolute Gasteiger partial charge is 0.355 e. The first-order valence-electron chi connectivity index (χ1n) is 9.66. The molecule has 0 aliphatic carbocycles. The molecule has 138 valence electrons. The molecular weight excluding hydrogens is 314 g/mol. The van der Waals surface area contributed by atoms with Crippen molar-refractivity contribution in [2.75, 3.05) is 38.1 Å². The van der Waals surface area contributed by atoms with Gasteiger partial charge in [-0.2, -0.15) is 5.10 Å². The van der Waals surface area contributed by atoms with Crippen molar-refractivity contribution in [3.8, 4) is 0 Å². The first kappa shape index (κ1) is 18.1. The van der Waals surface area contributed by atoms with Crippen LogP contribution < -0.4 is 4.90 Å². The average molecular weight is 345 g/mol. The molecule has 0 aromatic carbocycles. The Balaban J connectivity index is 1.54. The zero-order valence-electron chi connectivity index (χ0n) is 15.8.